The van der Waals surface area contributed by atoms with Crippen LogP contribution >= 0.6 is 11.6 Å². The minimum absolute atomic E-state index is 0.0938. The van der Waals surface area contributed by atoms with Gasteiger partial charge in [-0.25, -0.2) is 4.98 Å². The topological polar surface area (TPSA) is 49.0 Å². The van der Waals surface area contributed by atoms with E-state index in [-0.39, 0.29) is 5.56 Å². The van der Waals surface area contributed by atoms with E-state index in [1.54, 1.807) is 18.2 Å². The van der Waals surface area contributed by atoms with E-state index in [9.17, 15) is 4.79 Å². The Balaban J connectivity index is 1.85. The number of nitrogens with zero attached hydrogens (tertiary/aromatic N) is 2. The van der Waals surface area contributed by atoms with Gasteiger partial charge in [-0.05, 0) is 38.1 Å². The fourth-order valence-electron chi connectivity index (χ4n) is 3.12. The molecule has 4 nitrogen and oxygen atoms in total. The summed E-state index contributed by atoms with van der Waals surface area (Å²) in [7, 11) is 2.11. The molecule has 0 aliphatic heterocycles. The second-order valence-corrected chi connectivity index (χ2v) is 6.32. The molecule has 1 heterocycles. The summed E-state index contributed by atoms with van der Waals surface area (Å²) in [4.78, 5) is 21.8. The molecule has 0 unspecified atom stereocenters. The zero-order valence-electron chi connectivity index (χ0n) is 12.2. The Kier molecular flexibility index (Phi) is 4.27. The highest BCUT2D eigenvalue weighted by atomic mass is 35.5. The lowest BCUT2D eigenvalue weighted by Gasteiger charge is -2.30. The molecule has 0 saturated heterocycles. The molecule has 1 aromatic carbocycles. The van der Waals surface area contributed by atoms with Gasteiger partial charge in [-0.2, -0.15) is 0 Å². The van der Waals surface area contributed by atoms with E-state index in [1.807, 2.05) is 0 Å². The van der Waals surface area contributed by atoms with Gasteiger partial charge in [0.2, 0.25) is 0 Å². The van der Waals surface area contributed by atoms with Crippen LogP contribution in [0.25, 0.3) is 10.9 Å². The first-order chi connectivity index (χ1) is 10.1. The molecule has 21 heavy (non-hydrogen) atoms. The lowest BCUT2D eigenvalue weighted by Crippen LogP contribution is -2.34. The number of benzene rings is 1. The third-order valence-corrected chi connectivity index (χ3v) is 4.55. The highest BCUT2D eigenvalue weighted by Gasteiger charge is 2.18. The molecule has 3 rings (SSSR count). The summed E-state index contributed by atoms with van der Waals surface area (Å²) in [6, 6.07) is 5.78. The van der Waals surface area contributed by atoms with Crippen LogP contribution in [0.5, 0.6) is 0 Å². The van der Waals surface area contributed by atoms with Crippen LogP contribution in [0.1, 0.15) is 37.9 Å². The first-order valence-corrected chi connectivity index (χ1v) is 7.90. The van der Waals surface area contributed by atoms with Crippen LogP contribution in [0.4, 0.5) is 0 Å². The number of H-pyrrole nitrogens is 1. The fraction of sp³-hybridized carbons (Fsp3) is 0.500. The van der Waals surface area contributed by atoms with Crippen molar-refractivity contribution in [3.63, 3.8) is 0 Å². The van der Waals surface area contributed by atoms with Crippen LogP contribution in [0.2, 0.25) is 5.02 Å². The number of rotatable bonds is 3. The monoisotopic (exact) mass is 305 g/mol. The largest absolute Gasteiger partial charge is 0.309 e. The van der Waals surface area contributed by atoms with Gasteiger partial charge in [-0.15, -0.1) is 0 Å². The van der Waals surface area contributed by atoms with Crippen molar-refractivity contribution in [1.29, 1.82) is 0 Å². The summed E-state index contributed by atoms with van der Waals surface area (Å²) in [5.41, 5.74) is 0.571. The van der Waals surface area contributed by atoms with E-state index in [4.69, 9.17) is 11.6 Å². The Morgan fingerprint density at radius 1 is 1.33 bits per heavy atom. The first-order valence-electron chi connectivity index (χ1n) is 7.52. The van der Waals surface area contributed by atoms with Crippen molar-refractivity contribution in [2.45, 2.75) is 44.7 Å². The molecule has 1 fully saturated rings. The third-order valence-electron chi connectivity index (χ3n) is 4.31. The molecular formula is C16H20ClN3O. The summed E-state index contributed by atoms with van der Waals surface area (Å²) in [6.45, 7) is 0.669. The predicted molar refractivity (Wildman–Crippen MR) is 85.7 cm³/mol. The van der Waals surface area contributed by atoms with Crippen molar-refractivity contribution in [2.75, 3.05) is 7.05 Å². The van der Waals surface area contributed by atoms with Crippen molar-refractivity contribution >= 4 is 22.5 Å². The minimum atomic E-state index is -0.0938. The molecule has 1 aromatic heterocycles. The number of aromatic nitrogens is 2. The minimum Gasteiger partial charge on any atom is -0.309 e. The van der Waals surface area contributed by atoms with Gasteiger partial charge < -0.3 is 4.98 Å². The number of fused-ring (bicyclic) bond motifs is 1. The van der Waals surface area contributed by atoms with Gasteiger partial charge >= 0.3 is 0 Å². The van der Waals surface area contributed by atoms with E-state index in [1.165, 1.54) is 32.1 Å². The Bertz CT molecular complexity index is 691. The van der Waals surface area contributed by atoms with Gasteiger partial charge in [0, 0.05) is 11.1 Å². The van der Waals surface area contributed by atoms with Crippen LogP contribution in [0.3, 0.4) is 0 Å². The number of hydrogen-bond acceptors (Lipinski definition) is 3. The van der Waals surface area contributed by atoms with Gasteiger partial charge in [-0.3, -0.25) is 9.69 Å². The molecule has 1 aliphatic rings. The number of halogens is 1. The third kappa shape index (κ3) is 3.27. The molecule has 0 bridgehead atoms. The van der Waals surface area contributed by atoms with E-state index >= 15 is 0 Å². The Hall–Kier alpha value is -1.39. The van der Waals surface area contributed by atoms with Gasteiger partial charge in [0.25, 0.3) is 5.56 Å². The predicted octanol–water partition coefficient (Wildman–Crippen LogP) is 3.34. The summed E-state index contributed by atoms with van der Waals surface area (Å²) >= 11 is 5.99. The molecule has 0 spiro atoms. The molecule has 0 amide bonds. The van der Waals surface area contributed by atoms with E-state index in [2.05, 4.69) is 21.9 Å². The SMILES string of the molecule is CN(Cc1nc2cc(Cl)ccc2c(=O)[nH]1)C1CCCCC1. The molecule has 0 atom stereocenters. The van der Waals surface area contributed by atoms with Gasteiger partial charge in [0.05, 0.1) is 17.4 Å². The molecule has 1 saturated carbocycles. The second kappa shape index (κ2) is 6.16. The quantitative estimate of drug-likeness (QED) is 0.946. The van der Waals surface area contributed by atoms with Crippen LogP contribution in [-0.4, -0.2) is 28.0 Å². The normalized spacial score (nSPS) is 16.7. The molecular weight excluding hydrogens is 286 g/mol. The molecule has 1 aliphatic carbocycles. The van der Waals surface area contributed by atoms with Crippen molar-refractivity contribution in [3.8, 4) is 0 Å². The van der Waals surface area contributed by atoms with Crippen molar-refractivity contribution in [1.82, 2.24) is 14.9 Å². The summed E-state index contributed by atoms with van der Waals surface area (Å²) < 4.78 is 0. The first kappa shape index (κ1) is 14.5. The average molecular weight is 306 g/mol. The molecule has 0 radical (unpaired) electrons. The van der Waals surface area contributed by atoms with Crippen molar-refractivity contribution < 1.29 is 0 Å². The lowest BCUT2D eigenvalue weighted by atomic mass is 9.94. The Labute approximate surface area is 129 Å². The van der Waals surface area contributed by atoms with E-state index < -0.39 is 0 Å². The van der Waals surface area contributed by atoms with E-state index in [0.717, 1.165) is 0 Å². The highest BCUT2D eigenvalue weighted by molar-refractivity contribution is 6.31. The van der Waals surface area contributed by atoms with Gasteiger partial charge in [0.1, 0.15) is 5.82 Å². The van der Waals surface area contributed by atoms with Gasteiger partial charge in [-0.1, -0.05) is 30.9 Å². The second-order valence-electron chi connectivity index (χ2n) is 5.88. The number of aromatic amines is 1. The van der Waals surface area contributed by atoms with Gasteiger partial charge in [0.15, 0.2) is 0 Å². The molecule has 1 N–H and O–H groups in total. The van der Waals surface area contributed by atoms with Crippen LogP contribution < -0.4 is 5.56 Å². The summed E-state index contributed by atoms with van der Waals surface area (Å²) in [6.07, 6.45) is 6.41. The lowest BCUT2D eigenvalue weighted by molar-refractivity contribution is 0.181. The smallest absolute Gasteiger partial charge is 0.258 e. The maximum atomic E-state index is 12.1. The van der Waals surface area contributed by atoms with Crippen LogP contribution in [-0.2, 0) is 6.54 Å². The van der Waals surface area contributed by atoms with E-state index in [0.29, 0.717) is 34.3 Å². The average Bonchev–Trinajstić information content (AvgIpc) is 2.47. The Morgan fingerprint density at radius 2 is 2.10 bits per heavy atom. The highest BCUT2D eigenvalue weighted by Crippen LogP contribution is 2.22. The molecule has 112 valence electrons. The van der Waals surface area contributed by atoms with Crippen LogP contribution in [0.15, 0.2) is 23.0 Å². The summed E-state index contributed by atoms with van der Waals surface area (Å²) in [5, 5.41) is 1.19. The van der Waals surface area contributed by atoms with Crippen LogP contribution in [0, 0.1) is 0 Å². The zero-order valence-corrected chi connectivity index (χ0v) is 13.0. The summed E-state index contributed by atoms with van der Waals surface area (Å²) in [5.74, 6) is 0.711. The van der Waals surface area contributed by atoms with Crippen molar-refractivity contribution in [2.24, 2.45) is 0 Å². The number of nitrogens with one attached hydrogen (secondary N) is 1. The fourth-order valence-corrected chi connectivity index (χ4v) is 3.29. The Morgan fingerprint density at radius 3 is 2.86 bits per heavy atom. The zero-order chi connectivity index (χ0) is 14.8. The maximum Gasteiger partial charge on any atom is 0.258 e. The molecule has 2 aromatic rings. The standard InChI is InChI=1S/C16H20ClN3O/c1-20(12-5-3-2-4-6-12)10-15-18-14-9-11(17)7-8-13(14)16(21)19-15/h7-9,12H,2-6,10H2,1H3,(H,18,19,21). The number of hydrogen-bond donors (Lipinski definition) is 1. The molecule has 5 heteroatoms. The maximum absolute atomic E-state index is 12.1. The van der Waals surface area contributed by atoms with Crippen molar-refractivity contribution in [3.05, 3.63) is 39.4 Å².